The molecule has 0 aliphatic rings. The van der Waals surface area contributed by atoms with Crippen LogP contribution in [0.5, 0.6) is 11.5 Å². The topological polar surface area (TPSA) is 149 Å². The van der Waals surface area contributed by atoms with E-state index in [0.29, 0.717) is 5.75 Å². The molecule has 3 aromatic rings. The summed E-state index contributed by atoms with van der Waals surface area (Å²) in [5.74, 6) is -1.39. The van der Waals surface area contributed by atoms with Gasteiger partial charge in [0.2, 0.25) is 5.76 Å². The molecule has 2 aromatic carbocycles. The highest BCUT2D eigenvalue weighted by atomic mass is 16.6. The quantitative estimate of drug-likeness (QED) is 0.428. The van der Waals surface area contributed by atoms with Crippen LogP contribution in [0.4, 0.5) is 5.69 Å². The molecule has 0 saturated heterocycles. The molecule has 2 N–H and O–H groups in total. The van der Waals surface area contributed by atoms with Crippen LogP contribution in [0.2, 0.25) is 0 Å². The van der Waals surface area contributed by atoms with Gasteiger partial charge in [0, 0.05) is 18.2 Å². The molecule has 0 radical (unpaired) electrons. The Morgan fingerprint density at radius 3 is 2.48 bits per heavy atom. The van der Waals surface area contributed by atoms with Crippen molar-refractivity contribution in [1.29, 1.82) is 0 Å². The van der Waals surface area contributed by atoms with Crippen molar-refractivity contribution < 1.29 is 33.8 Å². The first-order chi connectivity index (χ1) is 13.8. The number of aliphatic hydroxyl groups is 1. The summed E-state index contributed by atoms with van der Waals surface area (Å²) in [5.41, 5.74) is -0.623. The van der Waals surface area contributed by atoms with Gasteiger partial charge in [-0.2, -0.15) is 0 Å². The van der Waals surface area contributed by atoms with Gasteiger partial charge >= 0.3 is 5.97 Å². The SMILES string of the molecule is O=C(O)c1cc(=O)c2c(OCC(O)COc3ccc([N+](=O)[O-])cc3)cccc2o1. The number of aromatic carboxylic acids is 1. The first-order valence-electron chi connectivity index (χ1n) is 8.33. The average Bonchev–Trinajstić information content (AvgIpc) is 2.70. The van der Waals surface area contributed by atoms with Crippen LogP contribution < -0.4 is 14.9 Å². The van der Waals surface area contributed by atoms with Gasteiger partial charge in [-0.3, -0.25) is 14.9 Å². The van der Waals surface area contributed by atoms with Gasteiger partial charge in [0.1, 0.15) is 41.8 Å². The van der Waals surface area contributed by atoms with Gasteiger partial charge in [-0.1, -0.05) is 6.07 Å². The van der Waals surface area contributed by atoms with Crippen LogP contribution in [0.25, 0.3) is 11.0 Å². The van der Waals surface area contributed by atoms with Gasteiger partial charge in [-0.15, -0.1) is 0 Å². The first kappa shape index (κ1) is 19.8. The lowest BCUT2D eigenvalue weighted by Gasteiger charge is -2.14. The molecule has 0 bridgehead atoms. The molecule has 29 heavy (non-hydrogen) atoms. The fourth-order valence-electron chi connectivity index (χ4n) is 2.49. The molecule has 1 unspecified atom stereocenters. The largest absolute Gasteiger partial charge is 0.491 e. The number of carbonyl (C=O) groups is 1. The predicted molar refractivity (Wildman–Crippen MR) is 99.5 cm³/mol. The fourth-order valence-corrected chi connectivity index (χ4v) is 2.49. The minimum Gasteiger partial charge on any atom is -0.491 e. The molecule has 0 saturated carbocycles. The zero-order chi connectivity index (χ0) is 21.0. The summed E-state index contributed by atoms with van der Waals surface area (Å²) >= 11 is 0. The Morgan fingerprint density at radius 1 is 1.14 bits per heavy atom. The molecule has 1 aromatic heterocycles. The van der Waals surface area contributed by atoms with E-state index in [-0.39, 0.29) is 35.6 Å². The van der Waals surface area contributed by atoms with Crippen LogP contribution in [0, 0.1) is 10.1 Å². The Bertz CT molecular complexity index is 1100. The minimum absolute atomic E-state index is 0.0454. The molecular formula is C19H15NO9. The third-order valence-electron chi connectivity index (χ3n) is 3.85. The van der Waals surface area contributed by atoms with E-state index in [1.54, 1.807) is 0 Å². The maximum absolute atomic E-state index is 12.2. The van der Waals surface area contributed by atoms with Gasteiger partial charge in [-0.25, -0.2) is 4.79 Å². The Balaban J connectivity index is 1.64. The number of hydrogen-bond donors (Lipinski definition) is 2. The van der Waals surface area contributed by atoms with E-state index < -0.39 is 28.2 Å². The molecule has 150 valence electrons. The van der Waals surface area contributed by atoms with Gasteiger partial charge in [0.15, 0.2) is 5.43 Å². The lowest BCUT2D eigenvalue weighted by molar-refractivity contribution is -0.384. The van der Waals surface area contributed by atoms with Crippen LogP contribution in [0.15, 0.2) is 57.7 Å². The van der Waals surface area contributed by atoms with E-state index in [9.17, 15) is 24.8 Å². The highest BCUT2D eigenvalue weighted by Gasteiger charge is 2.15. The van der Waals surface area contributed by atoms with Crippen molar-refractivity contribution in [2.45, 2.75) is 6.10 Å². The maximum atomic E-state index is 12.2. The molecule has 3 rings (SSSR count). The number of ether oxygens (including phenoxy) is 2. The van der Waals surface area contributed by atoms with Gasteiger partial charge in [-0.05, 0) is 24.3 Å². The number of hydrogen-bond acceptors (Lipinski definition) is 8. The summed E-state index contributed by atoms with van der Waals surface area (Å²) in [6.45, 7) is -0.368. The fraction of sp³-hybridized carbons (Fsp3) is 0.158. The number of nitro groups is 1. The predicted octanol–water partition coefficient (Wildman–Crippen LogP) is 2.22. The highest BCUT2D eigenvalue weighted by Crippen LogP contribution is 2.24. The minimum atomic E-state index is -1.37. The van der Waals surface area contributed by atoms with E-state index in [0.717, 1.165) is 6.07 Å². The van der Waals surface area contributed by atoms with Crippen molar-refractivity contribution in [1.82, 2.24) is 0 Å². The van der Waals surface area contributed by atoms with E-state index in [4.69, 9.17) is 19.0 Å². The molecule has 0 aliphatic carbocycles. The first-order valence-corrected chi connectivity index (χ1v) is 8.33. The zero-order valence-corrected chi connectivity index (χ0v) is 14.8. The number of benzene rings is 2. The summed E-state index contributed by atoms with van der Waals surface area (Å²) in [7, 11) is 0. The summed E-state index contributed by atoms with van der Waals surface area (Å²) in [6.07, 6.45) is -1.06. The van der Waals surface area contributed by atoms with E-state index in [1.165, 1.54) is 42.5 Å². The second-order valence-corrected chi connectivity index (χ2v) is 5.94. The van der Waals surface area contributed by atoms with Gasteiger partial charge in [0.25, 0.3) is 5.69 Å². The molecule has 0 aliphatic heterocycles. The Kier molecular flexibility index (Phi) is 5.74. The number of fused-ring (bicyclic) bond motifs is 1. The van der Waals surface area contributed by atoms with Crippen LogP contribution in [0.1, 0.15) is 10.6 Å². The third-order valence-corrected chi connectivity index (χ3v) is 3.85. The molecule has 0 spiro atoms. The summed E-state index contributed by atoms with van der Waals surface area (Å²) in [5, 5.41) is 29.7. The molecule has 1 heterocycles. The number of nitrogens with zero attached hydrogens (tertiary/aromatic N) is 1. The molecule has 10 nitrogen and oxygen atoms in total. The van der Waals surface area contributed by atoms with E-state index >= 15 is 0 Å². The second kappa shape index (κ2) is 8.40. The van der Waals surface area contributed by atoms with Crippen molar-refractivity contribution >= 4 is 22.6 Å². The van der Waals surface area contributed by atoms with Crippen LogP contribution in [-0.2, 0) is 0 Å². The Morgan fingerprint density at radius 2 is 1.83 bits per heavy atom. The Hall–Kier alpha value is -3.92. The smallest absolute Gasteiger partial charge is 0.371 e. The number of aliphatic hydroxyl groups excluding tert-OH is 1. The third kappa shape index (κ3) is 4.68. The standard InChI is InChI=1S/C19H15NO9/c21-12(9-27-13-6-4-11(5-7-13)20(25)26)10-28-15-2-1-3-16-18(15)14(22)8-17(29-16)19(23)24/h1-8,12,21H,9-10H2,(H,23,24). The number of carboxylic acid groups (broad SMARTS) is 1. The summed E-state index contributed by atoms with van der Waals surface area (Å²) < 4.78 is 16.0. The number of non-ortho nitro benzene ring substituents is 1. The van der Waals surface area contributed by atoms with E-state index in [1.807, 2.05) is 0 Å². The van der Waals surface area contributed by atoms with Crippen molar-refractivity contribution in [3.8, 4) is 11.5 Å². The molecule has 0 amide bonds. The highest BCUT2D eigenvalue weighted by molar-refractivity contribution is 5.89. The summed E-state index contributed by atoms with van der Waals surface area (Å²) in [4.78, 5) is 33.3. The van der Waals surface area contributed by atoms with Crippen LogP contribution in [-0.4, -0.2) is 40.4 Å². The van der Waals surface area contributed by atoms with Crippen LogP contribution >= 0.6 is 0 Å². The number of carboxylic acids is 1. The molecular weight excluding hydrogens is 386 g/mol. The average molecular weight is 401 g/mol. The summed E-state index contributed by atoms with van der Waals surface area (Å²) in [6, 6.07) is 10.7. The van der Waals surface area contributed by atoms with Crippen molar-refractivity contribution in [3.63, 3.8) is 0 Å². The lowest BCUT2D eigenvalue weighted by atomic mass is 10.2. The second-order valence-electron chi connectivity index (χ2n) is 5.94. The number of rotatable bonds is 8. The lowest BCUT2D eigenvalue weighted by Crippen LogP contribution is -2.25. The Labute approximate surface area is 162 Å². The normalized spacial score (nSPS) is 11.8. The van der Waals surface area contributed by atoms with Gasteiger partial charge < -0.3 is 24.1 Å². The van der Waals surface area contributed by atoms with E-state index in [2.05, 4.69) is 0 Å². The monoisotopic (exact) mass is 401 g/mol. The van der Waals surface area contributed by atoms with Gasteiger partial charge in [0.05, 0.1) is 4.92 Å². The van der Waals surface area contributed by atoms with Crippen molar-refractivity contribution in [2.24, 2.45) is 0 Å². The van der Waals surface area contributed by atoms with Crippen molar-refractivity contribution in [3.05, 3.63) is 74.6 Å². The zero-order valence-electron chi connectivity index (χ0n) is 14.8. The van der Waals surface area contributed by atoms with Crippen molar-refractivity contribution in [2.75, 3.05) is 13.2 Å². The maximum Gasteiger partial charge on any atom is 0.371 e. The molecule has 1 atom stereocenters. The number of nitro benzene ring substituents is 1. The molecule has 0 fully saturated rings. The molecule has 10 heteroatoms. The van der Waals surface area contributed by atoms with Crippen LogP contribution in [0.3, 0.4) is 0 Å².